The largest absolute Gasteiger partial charge is 0.343 e. The predicted octanol–water partition coefficient (Wildman–Crippen LogP) is 4.58. The van der Waals surface area contributed by atoms with Crippen molar-refractivity contribution >= 4 is 39.9 Å². The van der Waals surface area contributed by atoms with Gasteiger partial charge in [0.15, 0.2) is 10.8 Å². The van der Waals surface area contributed by atoms with Crippen LogP contribution in [0.3, 0.4) is 0 Å². The molecule has 0 radical (unpaired) electrons. The fourth-order valence-corrected chi connectivity index (χ4v) is 3.77. The summed E-state index contributed by atoms with van der Waals surface area (Å²) >= 11 is 12.3. The highest BCUT2D eigenvalue weighted by molar-refractivity contribution is 6.35. The fourth-order valence-electron chi connectivity index (χ4n) is 3.31. The third kappa shape index (κ3) is 3.67. The van der Waals surface area contributed by atoms with Crippen molar-refractivity contribution in [2.75, 3.05) is 0 Å². The van der Waals surface area contributed by atoms with E-state index in [1.54, 1.807) is 23.6 Å². The highest BCUT2D eigenvalue weighted by atomic mass is 35.5. The maximum Gasteiger partial charge on any atom is 0.273 e. The molecule has 4 rings (SSSR count). The van der Waals surface area contributed by atoms with Crippen molar-refractivity contribution < 1.29 is 4.79 Å². The van der Waals surface area contributed by atoms with Gasteiger partial charge in [0, 0.05) is 23.8 Å². The minimum Gasteiger partial charge on any atom is -0.343 e. The number of aromatic nitrogens is 3. The van der Waals surface area contributed by atoms with Gasteiger partial charge in [0.2, 0.25) is 0 Å². The van der Waals surface area contributed by atoms with Crippen LogP contribution in [-0.2, 0) is 0 Å². The van der Waals surface area contributed by atoms with Gasteiger partial charge in [0.25, 0.3) is 11.5 Å². The number of para-hydroxylation sites is 1. The zero-order valence-electron chi connectivity index (χ0n) is 15.8. The monoisotopic (exact) mass is 438 g/mol. The van der Waals surface area contributed by atoms with Crippen LogP contribution < -0.4 is 10.9 Å². The molecule has 4 aromatic rings. The van der Waals surface area contributed by atoms with E-state index in [0.717, 1.165) is 0 Å². The van der Waals surface area contributed by atoms with Gasteiger partial charge in [-0.2, -0.15) is 0 Å². The molecule has 30 heavy (non-hydrogen) atoms. The normalized spacial score (nSPS) is 12.0. The van der Waals surface area contributed by atoms with E-state index in [0.29, 0.717) is 27.2 Å². The summed E-state index contributed by atoms with van der Waals surface area (Å²) in [6.07, 6.45) is 2.80. The van der Waals surface area contributed by atoms with Crippen LogP contribution in [0.4, 0.5) is 0 Å². The topological polar surface area (TPSA) is 76.9 Å². The van der Waals surface area contributed by atoms with E-state index in [1.807, 2.05) is 42.5 Å². The third-order valence-corrected chi connectivity index (χ3v) is 5.29. The Morgan fingerprint density at radius 2 is 1.77 bits per heavy atom. The van der Waals surface area contributed by atoms with Crippen molar-refractivity contribution in [3.8, 4) is 5.69 Å². The molecular weight excluding hydrogens is 423 g/mol. The van der Waals surface area contributed by atoms with Gasteiger partial charge in [0.1, 0.15) is 0 Å². The van der Waals surface area contributed by atoms with E-state index < -0.39 is 11.9 Å². The van der Waals surface area contributed by atoms with Crippen molar-refractivity contribution in [3.63, 3.8) is 0 Å². The summed E-state index contributed by atoms with van der Waals surface area (Å²) < 4.78 is 1.55. The lowest BCUT2D eigenvalue weighted by atomic mass is 10.1. The lowest BCUT2D eigenvalue weighted by Crippen LogP contribution is -2.32. The number of carbonyl (C=O) groups is 1. The molecule has 0 aliphatic carbocycles. The van der Waals surface area contributed by atoms with E-state index in [-0.39, 0.29) is 16.4 Å². The lowest BCUT2D eigenvalue weighted by Gasteiger charge is -2.21. The molecule has 0 saturated heterocycles. The van der Waals surface area contributed by atoms with Gasteiger partial charge in [0.05, 0.1) is 16.5 Å². The highest BCUT2D eigenvalue weighted by Gasteiger charge is 2.21. The third-order valence-electron chi connectivity index (χ3n) is 4.70. The number of amides is 1. The van der Waals surface area contributed by atoms with Gasteiger partial charge < -0.3 is 5.32 Å². The highest BCUT2D eigenvalue weighted by Crippen LogP contribution is 2.25. The second kappa shape index (κ2) is 8.26. The number of rotatable bonds is 4. The molecule has 1 atom stereocenters. The first-order chi connectivity index (χ1) is 14.5. The van der Waals surface area contributed by atoms with Crippen LogP contribution in [0.25, 0.3) is 16.5 Å². The maximum absolute atomic E-state index is 13.4. The van der Waals surface area contributed by atoms with Crippen LogP contribution in [0.1, 0.15) is 29.1 Å². The molecule has 0 aliphatic rings. The van der Waals surface area contributed by atoms with Crippen LogP contribution in [0.2, 0.25) is 10.2 Å². The molecule has 1 N–H and O–H groups in total. The number of hydrogen-bond donors (Lipinski definition) is 1. The number of nitrogens with one attached hydrogen (secondary N) is 1. The molecule has 0 saturated carbocycles. The number of pyridine rings is 1. The minimum absolute atomic E-state index is 0.00735. The summed E-state index contributed by atoms with van der Waals surface area (Å²) in [4.78, 5) is 34.0. The summed E-state index contributed by atoms with van der Waals surface area (Å²) in [6.45, 7) is 1.78. The van der Waals surface area contributed by atoms with Gasteiger partial charge in [-0.15, -0.1) is 0 Å². The summed E-state index contributed by atoms with van der Waals surface area (Å²) in [5.74, 6) is -0.487. The Labute approximate surface area is 182 Å². The van der Waals surface area contributed by atoms with Crippen LogP contribution >= 0.6 is 23.2 Å². The zero-order chi connectivity index (χ0) is 21.3. The Bertz CT molecular complexity index is 1310. The van der Waals surface area contributed by atoms with Gasteiger partial charge in [-0.25, -0.2) is 9.97 Å². The predicted molar refractivity (Wildman–Crippen MR) is 117 cm³/mol. The quantitative estimate of drug-likeness (QED) is 0.505. The molecule has 2 heterocycles. The number of hydrogen-bond acceptors (Lipinski definition) is 4. The Hall–Kier alpha value is -3.22. The van der Waals surface area contributed by atoms with Gasteiger partial charge in [-0.3, -0.25) is 14.2 Å². The summed E-state index contributed by atoms with van der Waals surface area (Å²) in [6, 6.07) is 15.8. The molecule has 2 aromatic heterocycles. The fraction of sp³-hybridized carbons (Fsp3) is 0.0909. The average Bonchev–Trinajstić information content (AvgIpc) is 2.74. The number of benzene rings is 2. The van der Waals surface area contributed by atoms with Gasteiger partial charge in [-0.05, 0) is 36.6 Å². The van der Waals surface area contributed by atoms with Crippen LogP contribution in [0.5, 0.6) is 0 Å². The van der Waals surface area contributed by atoms with Crippen molar-refractivity contribution in [3.05, 3.63) is 98.9 Å². The van der Waals surface area contributed by atoms with Crippen LogP contribution in [-0.4, -0.2) is 20.4 Å². The number of fused-ring (bicyclic) bond motifs is 1. The maximum atomic E-state index is 13.4. The van der Waals surface area contributed by atoms with Gasteiger partial charge >= 0.3 is 0 Å². The Balaban J connectivity index is 1.86. The van der Waals surface area contributed by atoms with E-state index in [9.17, 15) is 9.59 Å². The Kier molecular flexibility index (Phi) is 5.53. The minimum atomic E-state index is -0.535. The SMILES string of the molecule is CC(NC(=O)c1nccnc1Cl)c1cc2cccc(Cl)c2c(=O)n1-c1ccccc1. The molecule has 6 nitrogen and oxygen atoms in total. The molecule has 0 spiro atoms. The molecule has 0 bridgehead atoms. The lowest BCUT2D eigenvalue weighted by molar-refractivity contribution is 0.0933. The molecule has 150 valence electrons. The standard InChI is InChI=1S/C22H16Cl2N4O2/c1-13(27-21(29)19-20(24)26-11-10-25-19)17-12-14-6-5-9-16(23)18(14)22(30)28(17)15-7-3-2-4-8-15/h2-13H,1H3,(H,27,29). The number of carbonyl (C=O) groups excluding carboxylic acids is 1. The molecule has 0 fully saturated rings. The Morgan fingerprint density at radius 3 is 2.50 bits per heavy atom. The van der Waals surface area contributed by atoms with E-state index >= 15 is 0 Å². The zero-order valence-corrected chi connectivity index (χ0v) is 17.4. The first kappa shape index (κ1) is 20.1. The number of nitrogens with zero attached hydrogens (tertiary/aromatic N) is 3. The summed E-state index contributed by atoms with van der Waals surface area (Å²) in [7, 11) is 0. The van der Waals surface area contributed by atoms with E-state index in [1.165, 1.54) is 12.4 Å². The molecule has 1 amide bonds. The Morgan fingerprint density at radius 1 is 1.03 bits per heavy atom. The smallest absolute Gasteiger partial charge is 0.273 e. The van der Waals surface area contributed by atoms with Crippen molar-refractivity contribution in [2.45, 2.75) is 13.0 Å². The van der Waals surface area contributed by atoms with E-state index in [4.69, 9.17) is 23.2 Å². The molecule has 0 aliphatic heterocycles. The van der Waals surface area contributed by atoms with Crippen molar-refractivity contribution in [2.24, 2.45) is 0 Å². The van der Waals surface area contributed by atoms with Crippen LogP contribution in [0.15, 0.2) is 71.8 Å². The second-order valence-corrected chi connectivity index (χ2v) is 7.41. The molecule has 1 unspecified atom stereocenters. The summed E-state index contributed by atoms with van der Waals surface area (Å²) in [5.41, 5.74) is 1.01. The molecule has 2 aromatic carbocycles. The average molecular weight is 439 g/mol. The van der Waals surface area contributed by atoms with Crippen LogP contribution in [0, 0.1) is 0 Å². The van der Waals surface area contributed by atoms with Gasteiger partial charge in [-0.1, -0.05) is 53.5 Å². The first-order valence-corrected chi connectivity index (χ1v) is 9.90. The number of halogens is 2. The van der Waals surface area contributed by atoms with Crippen molar-refractivity contribution in [1.82, 2.24) is 19.9 Å². The van der Waals surface area contributed by atoms with E-state index in [2.05, 4.69) is 15.3 Å². The summed E-state index contributed by atoms with van der Waals surface area (Å²) in [5, 5.41) is 4.34. The molecular formula is C22H16Cl2N4O2. The first-order valence-electron chi connectivity index (χ1n) is 9.14. The molecule has 8 heteroatoms. The second-order valence-electron chi connectivity index (χ2n) is 6.64. The van der Waals surface area contributed by atoms with Crippen molar-refractivity contribution in [1.29, 1.82) is 0 Å².